The summed E-state index contributed by atoms with van der Waals surface area (Å²) < 4.78 is 56.6. The summed E-state index contributed by atoms with van der Waals surface area (Å²) in [6, 6.07) is 8.11. The van der Waals surface area contributed by atoms with Gasteiger partial charge in [0.1, 0.15) is 11.6 Å². The lowest BCUT2D eigenvalue weighted by Crippen LogP contribution is -2.49. The zero-order chi connectivity index (χ0) is 30.5. The molecule has 1 amide bonds. The lowest BCUT2D eigenvalue weighted by molar-refractivity contribution is -0.124. The van der Waals surface area contributed by atoms with Crippen molar-refractivity contribution in [2.45, 2.75) is 68.8 Å². The molecule has 10 heteroatoms. The number of ether oxygens (including phenoxy) is 2. The Kier molecular flexibility index (Phi) is 8.28. The van der Waals surface area contributed by atoms with E-state index in [4.69, 9.17) is 21.1 Å². The number of benzene rings is 2. The number of nitrogens with one attached hydrogen (secondary N) is 1. The number of sulfonamides is 1. The molecular formula is C33H40ClFN2O5S. The number of rotatable bonds is 1. The van der Waals surface area contributed by atoms with Gasteiger partial charge in [0.2, 0.25) is 5.91 Å². The van der Waals surface area contributed by atoms with Crippen LogP contribution in [0.1, 0.15) is 57.1 Å². The number of carbonyl (C=O) groups excluding carboxylic acids is 1. The van der Waals surface area contributed by atoms with Crippen LogP contribution in [0.2, 0.25) is 5.02 Å². The number of hydrogen-bond donors (Lipinski definition) is 1. The molecule has 2 aromatic carbocycles. The van der Waals surface area contributed by atoms with E-state index in [1.165, 1.54) is 6.07 Å². The number of carbonyl (C=O) groups is 1. The number of anilines is 1. The highest BCUT2D eigenvalue weighted by molar-refractivity contribution is 7.90. The van der Waals surface area contributed by atoms with Crippen molar-refractivity contribution >= 4 is 33.2 Å². The van der Waals surface area contributed by atoms with Gasteiger partial charge in [-0.25, -0.2) is 17.5 Å². The van der Waals surface area contributed by atoms with Crippen molar-refractivity contribution < 1.29 is 27.1 Å². The van der Waals surface area contributed by atoms with E-state index in [0.29, 0.717) is 49.4 Å². The van der Waals surface area contributed by atoms with Gasteiger partial charge < -0.3 is 14.4 Å². The van der Waals surface area contributed by atoms with Crippen LogP contribution in [0.3, 0.4) is 0 Å². The summed E-state index contributed by atoms with van der Waals surface area (Å²) in [6.45, 7) is 5.25. The third-order valence-corrected chi connectivity index (χ3v) is 12.0. The van der Waals surface area contributed by atoms with Crippen LogP contribution >= 0.6 is 11.6 Å². The molecule has 2 bridgehead atoms. The fourth-order valence-electron chi connectivity index (χ4n) is 7.37. The molecule has 232 valence electrons. The molecule has 1 N–H and O–H groups in total. The Morgan fingerprint density at radius 3 is 2.74 bits per heavy atom. The average molecular weight is 631 g/mol. The molecule has 43 heavy (non-hydrogen) atoms. The lowest BCUT2D eigenvalue weighted by atomic mass is 9.68. The van der Waals surface area contributed by atoms with Gasteiger partial charge in [-0.2, -0.15) is 0 Å². The Hall–Kier alpha value is -2.62. The van der Waals surface area contributed by atoms with Crippen LogP contribution < -0.4 is 14.4 Å². The molecular weight excluding hydrogens is 591 g/mol. The Morgan fingerprint density at radius 2 is 2.00 bits per heavy atom. The van der Waals surface area contributed by atoms with Gasteiger partial charge in [-0.1, -0.05) is 37.6 Å². The summed E-state index contributed by atoms with van der Waals surface area (Å²) in [5, 5.41) is 0.121. The zero-order valence-electron chi connectivity index (χ0n) is 24.9. The second kappa shape index (κ2) is 11.7. The van der Waals surface area contributed by atoms with Crippen molar-refractivity contribution in [2.75, 3.05) is 31.7 Å². The highest BCUT2D eigenvalue weighted by atomic mass is 35.5. The molecule has 0 unspecified atom stereocenters. The number of fused-ring (bicyclic) bond motifs is 4. The zero-order valence-corrected chi connectivity index (χ0v) is 26.5. The topological polar surface area (TPSA) is 84.9 Å². The quantitative estimate of drug-likeness (QED) is 0.388. The number of halogens is 2. The van der Waals surface area contributed by atoms with E-state index in [-0.39, 0.29) is 21.9 Å². The number of hydrogen-bond acceptors (Lipinski definition) is 6. The molecule has 0 radical (unpaired) electrons. The van der Waals surface area contributed by atoms with Crippen molar-refractivity contribution in [1.82, 2.24) is 4.72 Å². The monoisotopic (exact) mass is 630 g/mol. The minimum Gasteiger partial charge on any atom is -0.490 e. The van der Waals surface area contributed by atoms with Gasteiger partial charge >= 0.3 is 0 Å². The van der Waals surface area contributed by atoms with Gasteiger partial charge in [0, 0.05) is 31.5 Å². The third kappa shape index (κ3) is 5.69. The minimum absolute atomic E-state index is 0.0118. The number of nitrogens with zero attached hydrogens (tertiary/aromatic N) is 1. The van der Waals surface area contributed by atoms with E-state index in [0.717, 1.165) is 43.2 Å². The van der Waals surface area contributed by atoms with Crippen molar-refractivity contribution in [2.24, 2.45) is 23.7 Å². The highest BCUT2D eigenvalue weighted by Gasteiger charge is 2.45. The summed E-state index contributed by atoms with van der Waals surface area (Å²) in [6.07, 6.45) is 9.33. The summed E-state index contributed by atoms with van der Waals surface area (Å²) in [7, 11) is -2.39. The molecule has 2 aliphatic carbocycles. The fraction of sp³-hybridized carbons (Fsp3) is 0.545. The largest absolute Gasteiger partial charge is 0.490 e. The molecule has 1 fully saturated rings. The minimum atomic E-state index is -4.13. The molecule has 6 rings (SSSR count). The number of amides is 1. The van der Waals surface area contributed by atoms with Crippen LogP contribution in [0.5, 0.6) is 5.75 Å². The molecule has 4 aliphatic rings. The molecule has 2 aromatic rings. The summed E-state index contributed by atoms with van der Waals surface area (Å²) >= 11 is 6.19. The van der Waals surface area contributed by atoms with Gasteiger partial charge in [0.05, 0.1) is 28.3 Å². The van der Waals surface area contributed by atoms with E-state index in [1.807, 2.05) is 6.92 Å². The summed E-state index contributed by atoms with van der Waals surface area (Å²) in [4.78, 5) is 15.3. The number of allylic oxidation sites excluding steroid dienone is 1. The van der Waals surface area contributed by atoms with Gasteiger partial charge in [-0.15, -0.1) is 0 Å². The maximum atomic E-state index is 14.9. The van der Waals surface area contributed by atoms with Crippen molar-refractivity contribution in [3.05, 3.63) is 64.5 Å². The second-order valence-electron chi connectivity index (χ2n) is 13.0. The molecule has 2 aliphatic heterocycles. The van der Waals surface area contributed by atoms with Crippen LogP contribution in [0.15, 0.2) is 47.4 Å². The van der Waals surface area contributed by atoms with E-state index < -0.39 is 33.1 Å². The standard InChI is InChI=1S/C33H40ClFN2O5S/c1-20-6-4-8-30(41-3)25-11-9-23(25)17-37-18-33(13-5-7-22-14-27(34)28(35)16-26(22)33)19-42-31-12-10-24(15-29(31)37)43(39,40)36-32(38)21(20)2/h4,8,10,12,14-16,20-21,23,25,30H,5-7,9,11,13,17-19H2,1-3H3,(H,36,38)/b8-4+/t20-,21+,23-,25+,30-,33-/m0/s1. The second-order valence-corrected chi connectivity index (χ2v) is 15.0. The van der Waals surface area contributed by atoms with E-state index >= 15 is 0 Å². The third-order valence-electron chi connectivity index (χ3n) is 10.4. The van der Waals surface area contributed by atoms with Crippen LogP contribution in [-0.4, -0.2) is 47.2 Å². The predicted octanol–water partition coefficient (Wildman–Crippen LogP) is 6.03. The lowest BCUT2D eigenvalue weighted by Gasteiger charge is -2.46. The molecule has 0 aromatic heterocycles. The number of methoxy groups -OCH3 is 1. The Balaban J connectivity index is 1.45. The average Bonchev–Trinajstić information content (AvgIpc) is 3.11. The summed E-state index contributed by atoms with van der Waals surface area (Å²) in [5.41, 5.74) is 2.10. The van der Waals surface area contributed by atoms with Crippen LogP contribution in [0, 0.1) is 29.5 Å². The highest BCUT2D eigenvalue weighted by Crippen LogP contribution is 2.47. The number of aryl methyl sites for hydroxylation is 1. The van der Waals surface area contributed by atoms with E-state index in [2.05, 4.69) is 21.8 Å². The molecule has 6 atom stereocenters. The van der Waals surface area contributed by atoms with Crippen molar-refractivity contribution in [1.29, 1.82) is 0 Å². The first-order chi connectivity index (χ1) is 20.5. The first kappa shape index (κ1) is 30.4. The van der Waals surface area contributed by atoms with Crippen molar-refractivity contribution in [3.63, 3.8) is 0 Å². The van der Waals surface area contributed by atoms with Crippen LogP contribution in [0.25, 0.3) is 0 Å². The fourth-order valence-corrected chi connectivity index (χ4v) is 8.64. The van der Waals surface area contributed by atoms with Crippen LogP contribution in [0.4, 0.5) is 10.1 Å². The predicted molar refractivity (Wildman–Crippen MR) is 165 cm³/mol. The first-order valence-electron chi connectivity index (χ1n) is 15.3. The van der Waals surface area contributed by atoms with Gasteiger partial charge in [0.15, 0.2) is 0 Å². The van der Waals surface area contributed by atoms with E-state index in [9.17, 15) is 17.6 Å². The maximum Gasteiger partial charge on any atom is 0.264 e. The molecule has 0 saturated heterocycles. The SMILES string of the molecule is CO[C@H]1/C=C/C[C@H](C)[C@@H](C)C(=O)NS(=O)(=O)c2ccc3c(c2)N(C[C@@H]2CC[C@H]21)C[C@@]1(CCCc2cc(Cl)c(F)cc21)CO3. The molecule has 1 saturated carbocycles. The Labute approximate surface area is 258 Å². The molecule has 1 spiro atoms. The first-order valence-corrected chi connectivity index (χ1v) is 17.1. The van der Waals surface area contributed by atoms with E-state index in [1.54, 1.807) is 38.3 Å². The van der Waals surface area contributed by atoms with Crippen molar-refractivity contribution in [3.8, 4) is 5.75 Å². The van der Waals surface area contributed by atoms with Gasteiger partial charge in [-0.05, 0) is 97.7 Å². The normalized spacial score (nSPS) is 32.8. The summed E-state index contributed by atoms with van der Waals surface area (Å²) in [5.74, 6) is -0.354. The smallest absolute Gasteiger partial charge is 0.264 e. The molecule has 2 heterocycles. The maximum absolute atomic E-state index is 14.9. The Morgan fingerprint density at radius 1 is 1.19 bits per heavy atom. The molecule has 7 nitrogen and oxygen atoms in total. The Bertz CT molecular complexity index is 1550. The van der Waals surface area contributed by atoms with Crippen LogP contribution in [-0.2, 0) is 31.4 Å². The van der Waals surface area contributed by atoms with Gasteiger partial charge in [-0.3, -0.25) is 4.79 Å². The van der Waals surface area contributed by atoms with Gasteiger partial charge in [0.25, 0.3) is 10.0 Å².